The molecule has 1 N–H and O–H groups in total. The quantitative estimate of drug-likeness (QED) is 0.875. The average molecular weight is 332 g/mol. The Morgan fingerprint density at radius 2 is 2.38 bits per heavy atom. The molecule has 1 fully saturated rings. The van der Waals surface area contributed by atoms with Crippen LogP contribution in [-0.4, -0.2) is 33.7 Å². The van der Waals surface area contributed by atoms with E-state index in [0.717, 1.165) is 25.0 Å². The molecule has 1 aliphatic heterocycles. The van der Waals surface area contributed by atoms with Crippen LogP contribution in [0.4, 0.5) is 0 Å². The third-order valence-corrected chi connectivity index (χ3v) is 4.86. The van der Waals surface area contributed by atoms with E-state index in [2.05, 4.69) is 19.0 Å². The highest BCUT2D eigenvalue weighted by molar-refractivity contribution is 5.91. The fourth-order valence-electron chi connectivity index (χ4n) is 3.18. The van der Waals surface area contributed by atoms with Crippen molar-refractivity contribution in [3.8, 4) is 0 Å². The van der Waals surface area contributed by atoms with Crippen LogP contribution in [0.15, 0.2) is 33.4 Å². The van der Waals surface area contributed by atoms with Crippen LogP contribution in [0.25, 0.3) is 0 Å². The maximum absolute atomic E-state index is 12.7. The summed E-state index contributed by atoms with van der Waals surface area (Å²) in [5, 5.41) is 14.3. The summed E-state index contributed by atoms with van der Waals surface area (Å²) in [4.78, 5) is 14.5. The van der Waals surface area contributed by atoms with Gasteiger partial charge in [-0.1, -0.05) is 19.0 Å². The third kappa shape index (κ3) is 3.38. The Labute approximate surface area is 141 Å². The number of aromatic nitrogens is 1. The second kappa shape index (κ2) is 7.21. The van der Waals surface area contributed by atoms with Gasteiger partial charge in [0, 0.05) is 31.0 Å². The number of amides is 1. The first-order valence-corrected chi connectivity index (χ1v) is 8.59. The Balaban J connectivity index is 1.68. The van der Waals surface area contributed by atoms with Crippen molar-refractivity contribution in [1.29, 1.82) is 0 Å². The van der Waals surface area contributed by atoms with Crippen LogP contribution < -0.4 is 0 Å². The van der Waals surface area contributed by atoms with E-state index in [1.807, 2.05) is 0 Å². The minimum atomic E-state index is -0.705. The molecule has 6 nitrogen and oxygen atoms in total. The smallest absolute Gasteiger partial charge is 0.292 e. The molecule has 3 unspecified atom stereocenters. The lowest BCUT2D eigenvalue weighted by Crippen LogP contribution is -2.36. The van der Waals surface area contributed by atoms with Gasteiger partial charge in [0.1, 0.15) is 11.9 Å². The summed E-state index contributed by atoms with van der Waals surface area (Å²) in [6.45, 7) is 4.81. The molecule has 2 aromatic heterocycles. The minimum absolute atomic E-state index is 0.0188. The Bertz CT molecular complexity index is 664. The molecule has 24 heavy (non-hydrogen) atoms. The molecule has 1 saturated heterocycles. The molecule has 0 radical (unpaired) electrons. The van der Waals surface area contributed by atoms with Gasteiger partial charge in [0.05, 0.1) is 12.0 Å². The van der Waals surface area contributed by atoms with Crippen molar-refractivity contribution in [1.82, 2.24) is 10.1 Å². The van der Waals surface area contributed by atoms with Crippen molar-refractivity contribution in [3.63, 3.8) is 0 Å². The zero-order chi connectivity index (χ0) is 17.1. The van der Waals surface area contributed by atoms with Crippen molar-refractivity contribution in [3.05, 3.63) is 41.7 Å². The van der Waals surface area contributed by atoms with E-state index in [4.69, 9.17) is 8.94 Å². The molecule has 1 aliphatic rings. The lowest BCUT2D eigenvalue weighted by atomic mass is 10.0. The predicted molar refractivity (Wildman–Crippen MR) is 87.6 cm³/mol. The Kier molecular flexibility index (Phi) is 5.04. The van der Waals surface area contributed by atoms with Crippen molar-refractivity contribution in [2.75, 3.05) is 6.54 Å². The summed E-state index contributed by atoms with van der Waals surface area (Å²) in [5.74, 6) is 0.939. The fraction of sp³-hybridized carbons (Fsp3) is 0.556. The van der Waals surface area contributed by atoms with Gasteiger partial charge in [-0.3, -0.25) is 4.79 Å². The number of carbonyl (C=O) groups is 1. The molecule has 0 aliphatic carbocycles. The van der Waals surface area contributed by atoms with E-state index < -0.39 is 6.10 Å². The molecule has 0 spiro atoms. The molecule has 130 valence electrons. The lowest BCUT2D eigenvalue weighted by molar-refractivity contribution is 0.0604. The standard InChI is InChI=1S/C18H24N2O4/c1-3-12(2)14-11-17(24-19-14)18(22)20-8-4-6-13(20)10-15(21)16-7-5-9-23-16/h5,7,9,11-13,15,21H,3-4,6,8,10H2,1-2H3. The number of hydrogen-bond acceptors (Lipinski definition) is 5. The summed E-state index contributed by atoms with van der Waals surface area (Å²) in [7, 11) is 0. The normalized spacial score (nSPS) is 20.3. The third-order valence-electron chi connectivity index (χ3n) is 4.86. The maximum Gasteiger partial charge on any atom is 0.292 e. The number of rotatable bonds is 6. The predicted octanol–water partition coefficient (Wildman–Crippen LogP) is 3.51. The van der Waals surface area contributed by atoms with Crippen LogP contribution in [-0.2, 0) is 0 Å². The highest BCUT2D eigenvalue weighted by atomic mass is 16.5. The van der Waals surface area contributed by atoms with Gasteiger partial charge in [-0.05, 0) is 31.4 Å². The molecule has 6 heteroatoms. The summed E-state index contributed by atoms with van der Waals surface area (Å²) in [5.41, 5.74) is 0.812. The molecular weight excluding hydrogens is 308 g/mol. The van der Waals surface area contributed by atoms with E-state index in [1.165, 1.54) is 0 Å². The zero-order valence-electron chi connectivity index (χ0n) is 14.1. The molecule has 1 amide bonds. The Hall–Kier alpha value is -2.08. The van der Waals surface area contributed by atoms with E-state index in [0.29, 0.717) is 18.7 Å². The highest BCUT2D eigenvalue weighted by Crippen LogP contribution is 2.29. The van der Waals surface area contributed by atoms with Gasteiger partial charge in [-0.25, -0.2) is 0 Å². The number of nitrogens with zero attached hydrogens (tertiary/aromatic N) is 2. The molecule has 3 atom stereocenters. The van der Waals surface area contributed by atoms with Crippen molar-refractivity contribution < 1.29 is 18.8 Å². The first-order chi connectivity index (χ1) is 11.6. The second-order valence-electron chi connectivity index (χ2n) is 6.49. The molecule has 2 aromatic rings. The SMILES string of the molecule is CCC(C)c1cc(C(=O)N2CCCC2CC(O)c2ccco2)on1. The summed E-state index contributed by atoms with van der Waals surface area (Å²) < 4.78 is 10.5. The van der Waals surface area contributed by atoms with Gasteiger partial charge >= 0.3 is 0 Å². The highest BCUT2D eigenvalue weighted by Gasteiger charge is 2.33. The minimum Gasteiger partial charge on any atom is -0.467 e. The number of likely N-dealkylation sites (tertiary alicyclic amines) is 1. The van der Waals surface area contributed by atoms with Gasteiger partial charge < -0.3 is 18.9 Å². The van der Waals surface area contributed by atoms with Crippen molar-refractivity contribution in [2.24, 2.45) is 0 Å². The molecule has 0 bridgehead atoms. The van der Waals surface area contributed by atoms with E-state index in [-0.39, 0.29) is 23.6 Å². The van der Waals surface area contributed by atoms with Crippen LogP contribution in [0.5, 0.6) is 0 Å². The van der Waals surface area contributed by atoms with E-state index in [1.54, 1.807) is 29.4 Å². The van der Waals surface area contributed by atoms with Gasteiger partial charge in [-0.2, -0.15) is 0 Å². The van der Waals surface area contributed by atoms with Crippen LogP contribution in [0.3, 0.4) is 0 Å². The second-order valence-corrected chi connectivity index (χ2v) is 6.49. The van der Waals surface area contributed by atoms with Crippen LogP contribution in [0.1, 0.15) is 73.6 Å². The van der Waals surface area contributed by atoms with Crippen molar-refractivity contribution >= 4 is 5.91 Å². The lowest BCUT2D eigenvalue weighted by Gasteiger charge is -2.25. The first-order valence-electron chi connectivity index (χ1n) is 8.59. The molecule has 0 saturated carbocycles. The number of aliphatic hydroxyl groups excluding tert-OH is 1. The number of aliphatic hydroxyl groups is 1. The molecular formula is C18H24N2O4. The maximum atomic E-state index is 12.7. The fourth-order valence-corrected chi connectivity index (χ4v) is 3.18. The van der Waals surface area contributed by atoms with Gasteiger partial charge in [-0.15, -0.1) is 0 Å². The van der Waals surface area contributed by atoms with Gasteiger partial charge in [0.25, 0.3) is 5.91 Å². The van der Waals surface area contributed by atoms with Crippen LogP contribution >= 0.6 is 0 Å². The number of hydrogen-bond donors (Lipinski definition) is 1. The summed E-state index contributed by atoms with van der Waals surface area (Å²) in [6.07, 6.45) is 4.04. The van der Waals surface area contributed by atoms with Crippen LogP contribution in [0.2, 0.25) is 0 Å². The van der Waals surface area contributed by atoms with Gasteiger partial charge in [0.2, 0.25) is 5.76 Å². The van der Waals surface area contributed by atoms with Crippen LogP contribution in [0, 0.1) is 0 Å². The molecule has 3 rings (SSSR count). The topological polar surface area (TPSA) is 79.7 Å². The van der Waals surface area contributed by atoms with E-state index >= 15 is 0 Å². The zero-order valence-corrected chi connectivity index (χ0v) is 14.1. The average Bonchev–Trinajstić information content (AvgIpc) is 3.33. The van der Waals surface area contributed by atoms with Crippen molar-refractivity contribution in [2.45, 2.75) is 57.6 Å². The largest absolute Gasteiger partial charge is 0.467 e. The summed E-state index contributed by atoms with van der Waals surface area (Å²) >= 11 is 0. The molecule has 0 aromatic carbocycles. The Morgan fingerprint density at radius 3 is 3.08 bits per heavy atom. The van der Waals surface area contributed by atoms with Gasteiger partial charge in [0.15, 0.2) is 0 Å². The number of carbonyl (C=O) groups excluding carboxylic acids is 1. The molecule has 3 heterocycles. The van der Waals surface area contributed by atoms with E-state index in [9.17, 15) is 9.90 Å². The Morgan fingerprint density at radius 1 is 1.54 bits per heavy atom. The monoisotopic (exact) mass is 332 g/mol. The number of furan rings is 1. The summed E-state index contributed by atoms with van der Waals surface area (Å²) in [6, 6.07) is 5.23. The first kappa shape index (κ1) is 16.8.